The average Bonchev–Trinajstić information content (AvgIpc) is 2.93. The lowest BCUT2D eigenvalue weighted by Gasteiger charge is -2.17. The summed E-state index contributed by atoms with van der Waals surface area (Å²) in [5, 5.41) is 8.66. The highest BCUT2D eigenvalue weighted by Crippen LogP contribution is 2.16. The molecule has 0 aliphatic carbocycles. The monoisotopic (exact) mass is 554 g/mol. The van der Waals surface area contributed by atoms with Gasteiger partial charge in [0.05, 0.1) is 0 Å². The molecule has 1 unspecified atom stereocenters. The fourth-order valence-electron chi connectivity index (χ4n) is 4.20. The maximum atomic E-state index is 12.3. The summed E-state index contributed by atoms with van der Waals surface area (Å²) < 4.78 is 5.75. The van der Waals surface area contributed by atoms with E-state index in [0.717, 1.165) is 103 Å². The molecule has 226 valence electrons. The van der Waals surface area contributed by atoms with Crippen LogP contribution >= 0.6 is 0 Å². The van der Waals surface area contributed by atoms with E-state index in [1.54, 1.807) is 0 Å². The van der Waals surface area contributed by atoms with Crippen LogP contribution in [0.5, 0.6) is 0 Å². The molecule has 0 radical (unpaired) electrons. The zero-order valence-corrected chi connectivity index (χ0v) is 25.6. The second-order valence-electron chi connectivity index (χ2n) is 10.3. The second kappa shape index (κ2) is 30.9. The minimum Gasteiger partial charge on any atom is -0.481 e. The van der Waals surface area contributed by atoms with Crippen molar-refractivity contribution in [3.63, 3.8) is 0 Å². The Morgan fingerprint density at radius 1 is 0.575 bits per heavy atom. The van der Waals surface area contributed by atoms with Crippen LogP contribution in [0, 0.1) is 0 Å². The Kier molecular flexibility index (Phi) is 28.9. The Hall–Kier alpha value is -2.62. The van der Waals surface area contributed by atoms with Crippen molar-refractivity contribution in [2.45, 2.75) is 142 Å². The number of hydrogen-bond acceptors (Lipinski definition) is 3. The number of aliphatic carboxylic acids is 1. The first-order valence-electron chi connectivity index (χ1n) is 15.9. The topological polar surface area (TPSA) is 63.6 Å². The maximum Gasteiger partial charge on any atom is 0.306 e. The van der Waals surface area contributed by atoms with Crippen LogP contribution in [0.15, 0.2) is 72.9 Å². The van der Waals surface area contributed by atoms with Gasteiger partial charge in [-0.25, -0.2) is 0 Å². The molecule has 0 rings (SSSR count). The number of allylic oxidation sites excluding steroid dienone is 12. The molecule has 0 amide bonds. The molecule has 4 nitrogen and oxygen atoms in total. The third-order valence-corrected chi connectivity index (χ3v) is 6.44. The van der Waals surface area contributed by atoms with Gasteiger partial charge in [-0.1, -0.05) is 125 Å². The molecule has 0 aromatic carbocycles. The molecule has 4 heteroatoms. The van der Waals surface area contributed by atoms with Crippen LogP contribution in [-0.4, -0.2) is 23.1 Å². The molecule has 0 heterocycles. The van der Waals surface area contributed by atoms with Crippen LogP contribution in [0.3, 0.4) is 0 Å². The SMILES string of the molecule is CC/C=C\C/C=C\C/C=C\C/C=C\C/C=C\C/C=C\CCC(=O)OC(CCC)CCCCCCCCCC(=O)O. The Morgan fingerprint density at radius 2 is 1.02 bits per heavy atom. The van der Waals surface area contributed by atoms with E-state index >= 15 is 0 Å². The fourth-order valence-corrected chi connectivity index (χ4v) is 4.20. The first kappa shape index (κ1) is 37.4. The minimum atomic E-state index is -0.700. The number of carbonyl (C=O) groups is 2. The zero-order chi connectivity index (χ0) is 29.4. The highest BCUT2D eigenvalue weighted by molar-refractivity contribution is 5.69. The molecular weight excluding hydrogens is 496 g/mol. The van der Waals surface area contributed by atoms with E-state index in [4.69, 9.17) is 9.84 Å². The summed E-state index contributed by atoms with van der Waals surface area (Å²) in [6.45, 7) is 4.29. The number of esters is 1. The van der Waals surface area contributed by atoms with Crippen LogP contribution in [0.1, 0.15) is 136 Å². The Labute approximate surface area is 246 Å². The number of unbranched alkanes of at least 4 members (excludes halogenated alkanes) is 6. The zero-order valence-electron chi connectivity index (χ0n) is 25.6. The number of rotatable bonds is 27. The Bertz CT molecular complexity index is 770. The van der Waals surface area contributed by atoms with Crippen molar-refractivity contribution in [3.05, 3.63) is 72.9 Å². The van der Waals surface area contributed by atoms with Crippen LogP contribution in [0.4, 0.5) is 0 Å². The molecule has 0 saturated heterocycles. The molecule has 0 fully saturated rings. The molecule has 0 saturated carbocycles. The minimum absolute atomic E-state index is 0.0401. The second-order valence-corrected chi connectivity index (χ2v) is 10.3. The summed E-state index contributed by atoms with van der Waals surface area (Å²) in [4.78, 5) is 22.8. The fraction of sp³-hybridized carbons (Fsp3) is 0.611. The smallest absolute Gasteiger partial charge is 0.306 e. The first-order valence-corrected chi connectivity index (χ1v) is 15.9. The van der Waals surface area contributed by atoms with Gasteiger partial charge < -0.3 is 9.84 Å². The predicted octanol–water partition coefficient (Wildman–Crippen LogP) is 10.8. The molecule has 0 aliphatic rings. The third-order valence-electron chi connectivity index (χ3n) is 6.44. The van der Waals surface area contributed by atoms with Gasteiger partial charge in [0.15, 0.2) is 0 Å². The van der Waals surface area contributed by atoms with Crippen molar-refractivity contribution in [3.8, 4) is 0 Å². The normalized spacial score (nSPS) is 13.2. The van der Waals surface area contributed by atoms with Crippen LogP contribution in [0.25, 0.3) is 0 Å². The van der Waals surface area contributed by atoms with Gasteiger partial charge in [0.2, 0.25) is 0 Å². The van der Waals surface area contributed by atoms with E-state index in [1.165, 1.54) is 6.42 Å². The van der Waals surface area contributed by atoms with E-state index in [-0.39, 0.29) is 18.5 Å². The van der Waals surface area contributed by atoms with Crippen LogP contribution in [-0.2, 0) is 14.3 Å². The van der Waals surface area contributed by atoms with Gasteiger partial charge in [0.25, 0.3) is 0 Å². The van der Waals surface area contributed by atoms with E-state index in [0.29, 0.717) is 6.42 Å². The van der Waals surface area contributed by atoms with Gasteiger partial charge in [-0.2, -0.15) is 0 Å². The highest BCUT2D eigenvalue weighted by Gasteiger charge is 2.12. The lowest BCUT2D eigenvalue weighted by molar-refractivity contribution is -0.149. The van der Waals surface area contributed by atoms with Crippen molar-refractivity contribution in [2.24, 2.45) is 0 Å². The first-order chi connectivity index (χ1) is 19.6. The van der Waals surface area contributed by atoms with Crippen molar-refractivity contribution in [1.82, 2.24) is 0 Å². The van der Waals surface area contributed by atoms with Gasteiger partial charge >= 0.3 is 11.9 Å². The molecule has 0 spiro atoms. The molecule has 0 bridgehead atoms. The summed E-state index contributed by atoms with van der Waals surface area (Å²) in [5.41, 5.74) is 0. The number of carboxylic acid groups (broad SMARTS) is 1. The van der Waals surface area contributed by atoms with E-state index < -0.39 is 5.97 Å². The lowest BCUT2D eigenvalue weighted by atomic mass is 10.0. The molecule has 0 aromatic heterocycles. The van der Waals surface area contributed by atoms with Crippen molar-refractivity contribution >= 4 is 11.9 Å². The van der Waals surface area contributed by atoms with Crippen molar-refractivity contribution in [1.29, 1.82) is 0 Å². The van der Waals surface area contributed by atoms with Gasteiger partial charge in [-0.3, -0.25) is 9.59 Å². The summed E-state index contributed by atoms with van der Waals surface area (Å²) in [7, 11) is 0. The van der Waals surface area contributed by atoms with Crippen molar-refractivity contribution < 1.29 is 19.4 Å². The van der Waals surface area contributed by atoms with Crippen LogP contribution in [0.2, 0.25) is 0 Å². The predicted molar refractivity (Wildman–Crippen MR) is 171 cm³/mol. The summed E-state index contributed by atoms with van der Waals surface area (Å²) in [5.74, 6) is -0.787. The summed E-state index contributed by atoms with van der Waals surface area (Å²) in [6, 6.07) is 0. The number of carbonyl (C=O) groups excluding carboxylic acids is 1. The third kappa shape index (κ3) is 29.9. The molecule has 40 heavy (non-hydrogen) atoms. The molecule has 1 N–H and O–H groups in total. The van der Waals surface area contributed by atoms with Crippen molar-refractivity contribution in [2.75, 3.05) is 0 Å². The maximum absolute atomic E-state index is 12.3. The number of carboxylic acids is 1. The molecular formula is C36H58O4. The molecule has 0 aliphatic heterocycles. The lowest BCUT2D eigenvalue weighted by Crippen LogP contribution is -2.18. The summed E-state index contributed by atoms with van der Waals surface area (Å²) >= 11 is 0. The summed E-state index contributed by atoms with van der Waals surface area (Å²) in [6.07, 6.45) is 44.0. The van der Waals surface area contributed by atoms with E-state index in [9.17, 15) is 9.59 Å². The highest BCUT2D eigenvalue weighted by atomic mass is 16.5. The van der Waals surface area contributed by atoms with Crippen LogP contribution < -0.4 is 0 Å². The molecule has 0 aromatic rings. The largest absolute Gasteiger partial charge is 0.481 e. The van der Waals surface area contributed by atoms with Gasteiger partial charge in [0, 0.05) is 12.8 Å². The Morgan fingerprint density at radius 3 is 1.50 bits per heavy atom. The quantitative estimate of drug-likeness (QED) is 0.0623. The number of ether oxygens (including phenoxy) is 1. The standard InChI is InChI=1S/C36H58O4/c1-3-5-6-7-8-9-10-11-12-13-14-15-16-17-18-19-23-26-29-33-36(39)40-34(30-4-2)31-27-24-21-20-22-25-28-32-35(37)38/h5-6,8-9,11-12,14-15,17-18,23,26,34H,3-4,7,10,13,16,19-22,24-25,27-33H2,1-2H3,(H,37,38)/b6-5-,9-8-,12-11-,15-14-,18-17-,26-23-. The van der Waals surface area contributed by atoms with E-state index in [1.807, 2.05) is 0 Å². The Balaban J connectivity index is 3.81. The van der Waals surface area contributed by atoms with Gasteiger partial charge in [-0.05, 0) is 70.6 Å². The molecule has 1 atom stereocenters. The average molecular weight is 555 g/mol. The van der Waals surface area contributed by atoms with Gasteiger partial charge in [-0.15, -0.1) is 0 Å². The van der Waals surface area contributed by atoms with E-state index in [2.05, 4.69) is 86.8 Å². The van der Waals surface area contributed by atoms with Gasteiger partial charge in [0.1, 0.15) is 6.10 Å². The number of hydrogen-bond donors (Lipinski definition) is 1.